The van der Waals surface area contributed by atoms with E-state index in [2.05, 4.69) is 0 Å². The second kappa shape index (κ2) is 6.82. The molecule has 0 bridgehead atoms. The van der Waals surface area contributed by atoms with Crippen molar-refractivity contribution in [1.29, 1.82) is 0 Å². The first kappa shape index (κ1) is 15.3. The van der Waals surface area contributed by atoms with Gasteiger partial charge in [0, 0.05) is 18.7 Å². The summed E-state index contributed by atoms with van der Waals surface area (Å²) in [6.45, 7) is 0.0479. The molecule has 1 rings (SSSR count). The first-order chi connectivity index (χ1) is 7.54. The van der Waals surface area contributed by atoms with Gasteiger partial charge in [0.1, 0.15) is 0 Å². The number of halogens is 1. The van der Waals surface area contributed by atoms with Crippen LogP contribution in [-0.4, -0.2) is 22.5 Å². The average molecular weight is 261 g/mol. The lowest BCUT2D eigenvalue weighted by Gasteiger charge is -2.08. The molecule has 0 saturated carbocycles. The molecular formula is C10H13ClN2O4. The molecule has 17 heavy (non-hydrogen) atoms. The fourth-order valence-corrected chi connectivity index (χ4v) is 1.31. The van der Waals surface area contributed by atoms with E-state index in [1.54, 1.807) is 12.1 Å². The lowest BCUT2D eigenvalue weighted by Crippen LogP contribution is -2.25. The minimum atomic E-state index is -0.958. The summed E-state index contributed by atoms with van der Waals surface area (Å²) in [5.41, 5.74) is 6.03. The molecular weight excluding hydrogens is 248 g/mol. The minimum absolute atomic E-state index is 0. The second-order valence-electron chi connectivity index (χ2n) is 3.40. The summed E-state index contributed by atoms with van der Waals surface area (Å²) < 4.78 is 0. The molecule has 1 unspecified atom stereocenters. The normalized spacial score (nSPS) is 11.4. The van der Waals surface area contributed by atoms with Crippen molar-refractivity contribution in [3.63, 3.8) is 0 Å². The van der Waals surface area contributed by atoms with E-state index in [4.69, 9.17) is 10.8 Å². The maximum atomic E-state index is 10.7. The number of nitrogens with zero attached hydrogens (tertiary/aromatic N) is 1. The highest BCUT2D eigenvalue weighted by atomic mass is 35.5. The molecule has 3 N–H and O–H groups in total. The van der Waals surface area contributed by atoms with Crippen LogP contribution in [0.4, 0.5) is 5.69 Å². The maximum Gasteiger partial charge on any atom is 0.308 e. The van der Waals surface area contributed by atoms with E-state index in [0.717, 1.165) is 5.56 Å². The molecule has 6 nitrogen and oxygen atoms in total. The number of aliphatic carboxylic acids is 1. The Labute approximate surface area is 104 Å². The van der Waals surface area contributed by atoms with Crippen molar-refractivity contribution >= 4 is 24.1 Å². The van der Waals surface area contributed by atoms with Crippen LogP contribution < -0.4 is 5.73 Å². The summed E-state index contributed by atoms with van der Waals surface area (Å²) in [6, 6.07) is 5.79. The summed E-state index contributed by atoms with van der Waals surface area (Å²) in [6.07, 6.45) is 0.282. The van der Waals surface area contributed by atoms with Crippen LogP contribution in [0.25, 0.3) is 0 Å². The van der Waals surface area contributed by atoms with Gasteiger partial charge in [0.15, 0.2) is 0 Å². The Balaban J connectivity index is 0.00000256. The first-order valence-corrected chi connectivity index (χ1v) is 4.70. The van der Waals surface area contributed by atoms with Crippen LogP contribution in [0.3, 0.4) is 0 Å². The molecule has 0 amide bonds. The summed E-state index contributed by atoms with van der Waals surface area (Å²) in [7, 11) is 0. The van der Waals surface area contributed by atoms with Gasteiger partial charge in [-0.05, 0) is 12.0 Å². The van der Waals surface area contributed by atoms with Crippen LogP contribution in [0.5, 0.6) is 0 Å². The molecule has 0 radical (unpaired) electrons. The van der Waals surface area contributed by atoms with Gasteiger partial charge in [0.2, 0.25) is 0 Å². The van der Waals surface area contributed by atoms with E-state index in [1.165, 1.54) is 12.1 Å². The maximum absolute atomic E-state index is 10.7. The monoisotopic (exact) mass is 260 g/mol. The molecule has 0 aromatic heterocycles. The summed E-state index contributed by atoms with van der Waals surface area (Å²) in [5, 5.41) is 19.2. The van der Waals surface area contributed by atoms with Gasteiger partial charge in [0.25, 0.3) is 5.69 Å². The van der Waals surface area contributed by atoms with Gasteiger partial charge < -0.3 is 10.8 Å². The molecule has 94 valence electrons. The van der Waals surface area contributed by atoms with Crippen LogP contribution in [0.15, 0.2) is 24.3 Å². The number of carboxylic acids is 1. The summed E-state index contributed by atoms with van der Waals surface area (Å²) in [4.78, 5) is 20.6. The van der Waals surface area contributed by atoms with Gasteiger partial charge in [-0.15, -0.1) is 12.4 Å². The Kier molecular flexibility index (Phi) is 6.16. The van der Waals surface area contributed by atoms with Gasteiger partial charge in [-0.3, -0.25) is 14.9 Å². The predicted molar refractivity (Wildman–Crippen MR) is 64.2 cm³/mol. The van der Waals surface area contributed by atoms with Gasteiger partial charge in [-0.1, -0.05) is 12.1 Å². The fourth-order valence-electron chi connectivity index (χ4n) is 1.31. The fraction of sp³-hybridized carbons (Fsp3) is 0.300. The number of hydrogen-bond donors (Lipinski definition) is 2. The third-order valence-corrected chi connectivity index (χ3v) is 2.26. The largest absolute Gasteiger partial charge is 0.481 e. The van der Waals surface area contributed by atoms with Crippen LogP contribution in [0.2, 0.25) is 0 Å². The molecule has 0 aliphatic rings. The molecule has 0 spiro atoms. The molecule has 0 fully saturated rings. The number of benzene rings is 1. The van der Waals surface area contributed by atoms with E-state index in [0.29, 0.717) is 0 Å². The highest BCUT2D eigenvalue weighted by molar-refractivity contribution is 5.85. The Bertz CT molecular complexity index is 394. The minimum Gasteiger partial charge on any atom is -0.481 e. The van der Waals surface area contributed by atoms with Crippen LogP contribution >= 0.6 is 12.4 Å². The molecule has 1 aromatic rings. The second-order valence-corrected chi connectivity index (χ2v) is 3.40. The highest BCUT2D eigenvalue weighted by Crippen LogP contribution is 2.14. The first-order valence-electron chi connectivity index (χ1n) is 4.70. The van der Waals surface area contributed by atoms with E-state index in [1.807, 2.05) is 0 Å². The van der Waals surface area contributed by atoms with E-state index >= 15 is 0 Å². The number of nitro groups is 1. The van der Waals surface area contributed by atoms with Crippen LogP contribution in [-0.2, 0) is 11.2 Å². The molecule has 1 aromatic carbocycles. The van der Waals surface area contributed by atoms with E-state index in [9.17, 15) is 14.9 Å². The Morgan fingerprint density at radius 3 is 2.29 bits per heavy atom. The van der Waals surface area contributed by atoms with Crippen molar-refractivity contribution in [2.75, 3.05) is 6.54 Å². The zero-order chi connectivity index (χ0) is 12.1. The Hall–Kier alpha value is -1.66. The van der Waals surface area contributed by atoms with Crippen molar-refractivity contribution in [3.8, 4) is 0 Å². The molecule has 7 heteroatoms. The van der Waals surface area contributed by atoms with Crippen LogP contribution in [0, 0.1) is 16.0 Å². The standard InChI is InChI=1S/C10H12N2O4.ClH/c11-6-8(10(13)14)5-7-1-3-9(4-2-7)12(15)16;/h1-4,8H,5-6,11H2,(H,13,14);1H. The van der Waals surface area contributed by atoms with Crippen molar-refractivity contribution < 1.29 is 14.8 Å². The van der Waals surface area contributed by atoms with Crippen LogP contribution in [0.1, 0.15) is 5.56 Å². The van der Waals surface area contributed by atoms with Crippen molar-refractivity contribution in [3.05, 3.63) is 39.9 Å². The quantitative estimate of drug-likeness (QED) is 0.611. The average Bonchev–Trinajstić information content (AvgIpc) is 2.26. The molecule has 0 aliphatic carbocycles. The summed E-state index contributed by atoms with van der Waals surface area (Å²) >= 11 is 0. The molecule has 0 saturated heterocycles. The van der Waals surface area contributed by atoms with E-state index < -0.39 is 16.8 Å². The van der Waals surface area contributed by atoms with Gasteiger partial charge >= 0.3 is 5.97 Å². The number of rotatable bonds is 5. The predicted octanol–water partition coefficient (Wildman–Crippen LogP) is 1.22. The number of carboxylic acid groups (broad SMARTS) is 1. The van der Waals surface area contributed by atoms with Crippen molar-refractivity contribution in [1.82, 2.24) is 0 Å². The Morgan fingerprint density at radius 2 is 1.94 bits per heavy atom. The zero-order valence-electron chi connectivity index (χ0n) is 8.91. The summed E-state index contributed by atoms with van der Waals surface area (Å²) in [5.74, 6) is -1.61. The van der Waals surface area contributed by atoms with Gasteiger partial charge in [-0.2, -0.15) is 0 Å². The highest BCUT2D eigenvalue weighted by Gasteiger charge is 2.16. The lowest BCUT2D eigenvalue weighted by molar-refractivity contribution is -0.384. The Morgan fingerprint density at radius 1 is 1.41 bits per heavy atom. The molecule has 0 aliphatic heterocycles. The number of carbonyl (C=O) groups is 1. The number of hydrogen-bond acceptors (Lipinski definition) is 4. The van der Waals surface area contributed by atoms with Gasteiger partial charge in [-0.25, -0.2) is 0 Å². The van der Waals surface area contributed by atoms with E-state index in [-0.39, 0.29) is 31.1 Å². The van der Waals surface area contributed by atoms with Gasteiger partial charge in [0.05, 0.1) is 10.8 Å². The SMILES string of the molecule is Cl.NCC(Cc1ccc([N+](=O)[O-])cc1)C(=O)O. The molecule has 0 heterocycles. The number of nitrogens with two attached hydrogens (primary N) is 1. The van der Waals surface area contributed by atoms with Crippen molar-refractivity contribution in [2.45, 2.75) is 6.42 Å². The van der Waals surface area contributed by atoms with Crippen molar-refractivity contribution in [2.24, 2.45) is 11.7 Å². The molecule has 1 atom stereocenters. The number of nitro benzene ring substituents is 1. The topological polar surface area (TPSA) is 106 Å². The number of non-ortho nitro benzene ring substituents is 1. The lowest BCUT2D eigenvalue weighted by atomic mass is 9.99. The smallest absolute Gasteiger partial charge is 0.308 e. The third kappa shape index (κ3) is 4.38. The zero-order valence-corrected chi connectivity index (χ0v) is 9.72. The third-order valence-electron chi connectivity index (χ3n) is 2.26.